The van der Waals surface area contributed by atoms with Crippen molar-refractivity contribution in [2.24, 2.45) is 11.8 Å². The van der Waals surface area contributed by atoms with Crippen molar-refractivity contribution in [2.75, 3.05) is 18.0 Å². The molecule has 1 fully saturated rings. The molecule has 1 aromatic heterocycles. The van der Waals surface area contributed by atoms with Crippen molar-refractivity contribution in [3.05, 3.63) is 27.9 Å². The lowest BCUT2D eigenvalue weighted by atomic mass is 9.96. The monoisotopic (exact) mass is 330 g/mol. The van der Waals surface area contributed by atoms with Gasteiger partial charge in [-0.25, -0.2) is 4.98 Å². The second-order valence-corrected chi connectivity index (χ2v) is 4.93. The van der Waals surface area contributed by atoms with E-state index in [0.717, 1.165) is 17.2 Å². The fraction of sp³-hybridized carbons (Fsp3) is 0.417. The Morgan fingerprint density at radius 2 is 2.17 bits per heavy atom. The van der Waals surface area contributed by atoms with Gasteiger partial charge in [0.25, 0.3) is 0 Å². The molecule has 2 heterocycles. The number of carboxylic acid groups (broad SMARTS) is 1. The molecule has 8 nitrogen and oxygen atoms in total. The summed E-state index contributed by atoms with van der Waals surface area (Å²) >= 11 is 0. The number of halogens is 3. The Morgan fingerprint density at radius 3 is 2.61 bits per heavy atom. The lowest BCUT2D eigenvalue weighted by Crippen LogP contribution is -2.33. The van der Waals surface area contributed by atoms with Gasteiger partial charge in [0, 0.05) is 25.4 Å². The van der Waals surface area contributed by atoms with Gasteiger partial charge in [-0.1, -0.05) is 0 Å². The highest BCUT2D eigenvalue weighted by atomic mass is 19.4. The summed E-state index contributed by atoms with van der Waals surface area (Å²) in [5.41, 5.74) is -0.766. The molecule has 0 saturated carbocycles. The zero-order valence-corrected chi connectivity index (χ0v) is 11.3. The molecule has 1 aromatic rings. The van der Waals surface area contributed by atoms with E-state index in [1.807, 2.05) is 0 Å². The number of hydrogen-bond donors (Lipinski definition) is 1. The van der Waals surface area contributed by atoms with Crippen LogP contribution in [-0.2, 0) is 4.79 Å². The molecule has 0 amide bonds. The minimum atomic E-state index is -4.75. The lowest BCUT2D eigenvalue weighted by molar-refractivity contribution is -0.384. The van der Waals surface area contributed by atoms with E-state index in [2.05, 4.69) is 4.98 Å². The van der Waals surface area contributed by atoms with Gasteiger partial charge in [-0.05, 0) is 0 Å². The Hall–Kier alpha value is -2.90. The van der Waals surface area contributed by atoms with Crippen molar-refractivity contribution in [1.82, 2.24) is 4.98 Å². The Labute approximate surface area is 126 Å². The van der Waals surface area contributed by atoms with E-state index in [0.29, 0.717) is 0 Å². The molecule has 1 aliphatic rings. The summed E-state index contributed by atoms with van der Waals surface area (Å²) in [4.78, 5) is 25.8. The molecule has 2 rings (SSSR count). The van der Waals surface area contributed by atoms with Crippen molar-refractivity contribution in [2.45, 2.75) is 6.18 Å². The minimum Gasteiger partial charge on any atom is -0.481 e. The van der Waals surface area contributed by atoms with E-state index in [-0.39, 0.29) is 11.4 Å². The summed E-state index contributed by atoms with van der Waals surface area (Å²) in [6.45, 7) is -1.31. The van der Waals surface area contributed by atoms with Gasteiger partial charge in [0.1, 0.15) is 6.07 Å². The molecule has 1 N–H and O–H groups in total. The molecule has 0 aromatic carbocycles. The predicted octanol–water partition coefficient (Wildman–Crippen LogP) is 1.56. The summed E-state index contributed by atoms with van der Waals surface area (Å²) in [6, 6.07) is 2.53. The van der Waals surface area contributed by atoms with E-state index in [4.69, 9.17) is 10.4 Å². The molecule has 0 bridgehead atoms. The van der Waals surface area contributed by atoms with Gasteiger partial charge in [0.15, 0.2) is 0 Å². The number of nitro groups is 1. The van der Waals surface area contributed by atoms with E-state index >= 15 is 0 Å². The smallest absolute Gasteiger partial charge is 0.394 e. The molecule has 23 heavy (non-hydrogen) atoms. The number of carboxylic acids is 1. The summed E-state index contributed by atoms with van der Waals surface area (Å²) in [6.07, 6.45) is -3.77. The fourth-order valence-electron chi connectivity index (χ4n) is 2.44. The first kappa shape index (κ1) is 16.5. The van der Waals surface area contributed by atoms with E-state index in [1.165, 1.54) is 0 Å². The van der Waals surface area contributed by atoms with E-state index < -0.39 is 47.7 Å². The van der Waals surface area contributed by atoms with Gasteiger partial charge < -0.3 is 10.0 Å². The first-order valence-corrected chi connectivity index (χ1v) is 6.24. The van der Waals surface area contributed by atoms with Gasteiger partial charge >= 0.3 is 17.8 Å². The van der Waals surface area contributed by atoms with Crippen molar-refractivity contribution in [3.63, 3.8) is 0 Å². The quantitative estimate of drug-likeness (QED) is 0.659. The van der Waals surface area contributed by atoms with Crippen LogP contribution >= 0.6 is 0 Å². The Balaban J connectivity index is 2.42. The van der Waals surface area contributed by atoms with Crippen molar-refractivity contribution < 1.29 is 28.0 Å². The Morgan fingerprint density at radius 1 is 1.52 bits per heavy atom. The molecule has 11 heteroatoms. The highest BCUT2D eigenvalue weighted by Gasteiger charge is 2.53. The summed E-state index contributed by atoms with van der Waals surface area (Å²) < 4.78 is 38.9. The van der Waals surface area contributed by atoms with Gasteiger partial charge in [-0.3, -0.25) is 14.9 Å². The maximum Gasteiger partial charge on any atom is 0.394 e. The van der Waals surface area contributed by atoms with Crippen LogP contribution < -0.4 is 4.90 Å². The standard InChI is InChI=1S/C12H9F3N4O4/c13-12(14,15)8-5-18(4-7(8)11(20)21)10-9(19(22)23)1-6(2-16)3-17-10/h1,3,7-8H,4-5H2,(H,20,21)/t7-,8-/m1/s1. The second-order valence-electron chi connectivity index (χ2n) is 4.93. The number of aromatic nitrogens is 1. The number of alkyl halides is 3. The topological polar surface area (TPSA) is 120 Å². The van der Waals surface area contributed by atoms with Crippen LogP contribution in [-0.4, -0.2) is 40.2 Å². The molecule has 0 spiro atoms. The third-order valence-electron chi connectivity index (χ3n) is 3.53. The number of nitrogens with zero attached hydrogens (tertiary/aromatic N) is 4. The molecule has 0 radical (unpaired) electrons. The van der Waals surface area contributed by atoms with Gasteiger partial charge in [0.2, 0.25) is 5.82 Å². The molecular formula is C12H9F3N4O4. The van der Waals surface area contributed by atoms with Crippen LogP contribution in [0, 0.1) is 33.3 Å². The zero-order valence-electron chi connectivity index (χ0n) is 11.3. The maximum absolute atomic E-state index is 13.0. The van der Waals surface area contributed by atoms with Crippen molar-refractivity contribution in [1.29, 1.82) is 5.26 Å². The number of rotatable bonds is 3. The fourth-order valence-corrected chi connectivity index (χ4v) is 2.44. The van der Waals surface area contributed by atoms with Gasteiger partial charge in [-0.2, -0.15) is 18.4 Å². The maximum atomic E-state index is 13.0. The van der Waals surface area contributed by atoms with Crippen LogP contribution in [0.4, 0.5) is 24.7 Å². The third-order valence-corrected chi connectivity index (χ3v) is 3.53. The number of carbonyl (C=O) groups is 1. The SMILES string of the molecule is N#Cc1cnc(N2C[C@@H](C(F)(F)F)[C@H](C(=O)O)C2)c([N+](=O)[O-])c1. The predicted molar refractivity (Wildman–Crippen MR) is 68.5 cm³/mol. The van der Waals surface area contributed by atoms with Crippen molar-refractivity contribution in [3.8, 4) is 6.07 Å². The second kappa shape index (κ2) is 5.71. The average Bonchev–Trinajstić information content (AvgIpc) is 2.91. The van der Waals surface area contributed by atoms with Crippen LogP contribution in [0.2, 0.25) is 0 Å². The highest BCUT2D eigenvalue weighted by Crippen LogP contribution is 2.40. The third kappa shape index (κ3) is 3.15. The Kier molecular flexibility index (Phi) is 4.09. The first-order chi connectivity index (χ1) is 10.6. The average molecular weight is 330 g/mol. The number of anilines is 1. The Bertz CT molecular complexity index is 701. The van der Waals surface area contributed by atoms with Crippen LogP contribution in [0.25, 0.3) is 0 Å². The molecule has 2 atom stereocenters. The van der Waals surface area contributed by atoms with Gasteiger partial charge in [0.05, 0.1) is 22.3 Å². The molecule has 0 aliphatic carbocycles. The largest absolute Gasteiger partial charge is 0.481 e. The van der Waals surface area contributed by atoms with E-state index in [9.17, 15) is 28.1 Å². The molecule has 1 saturated heterocycles. The van der Waals surface area contributed by atoms with E-state index in [1.54, 1.807) is 6.07 Å². The molecule has 122 valence electrons. The van der Waals surface area contributed by atoms with Gasteiger partial charge in [-0.15, -0.1) is 0 Å². The number of hydrogen-bond acceptors (Lipinski definition) is 6. The van der Waals surface area contributed by atoms with Crippen LogP contribution in [0.15, 0.2) is 12.3 Å². The molecule has 1 aliphatic heterocycles. The van der Waals surface area contributed by atoms with Crippen LogP contribution in [0.5, 0.6) is 0 Å². The number of aliphatic carboxylic acids is 1. The number of nitriles is 1. The van der Waals surface area contributed by atoms with Crippen molar-refractivity contribution >= 4 is 17.5 Å². The van der Waals surface area contributed by atoms with Crippen LogP contribution in [0.3, 0.4) is 0 Å². The molecule has 0 unspecified atom stereocenters. The molecular weight excluding hydrogens is 321 g/mol. The first-order valence-electron chi connectivity index (χ1n) is 6.24. The normalized spacial score (nSPS) is 21.0. The minimum absolute atomic E-state index is 0.123. The summed E-state index contributed by atoms with van der Waals surface area (Å²) in [7, 11) is 0. The lowest BCUT2D eigenvalue weighted by Gasteiger charge is -2.18. The zero-order chi connectivity index (χ0) is 17.4. The number of pyridine rings is 1. The summed E-state index contributed by atoms with van der Waals surface area (Å²) in [5, 5.41) is 28.7. The van der Waals surface area contributed by atoms with Crippen LogP contribution in [0.1, 0.15) is 5.56 Å². The highest BCUT2D eigenvalue weighted by molar-refractivity contribution is 5.73. The summed E-state index contributed by atoms with van der Waals surface area (Å²) in [5.74, 6) is -5.91.